The average molecular weight is 573 g/mol. The summed E-state index contributed by atoms with van der Waals surface area (Å²) in [5, 5.41) is 6.80. The molecule has 0 spiro atoms. The molecule has 1 unspecified atom stereocenters. The number of sulfone groups is 1. The van der Waals surface area contributed by atoms with Gasteiger partial charge in [0.2, 0.25) is 0 Å². The van der Waals surface area contributed by atoms with Gasteiger partial charge in [-0.25, -0.2) is 8.42 Å². The molecule has 1 atom stereocenters. The number of guanidine groups is 1. The van der Waals surface area contributed by atoms with E-state index in [4.69, 9.17) is 0 Å². The molecule has 0 saturated heterocycles. The van der Waals surface area contributed by atoms with Gasteiger partial charge in [-0.3, -0.25) is 9.89 Å². The fraction of sp³-hybridized carbons (Fsp3) is 0.458. The van der Waals surface area contributed by atoms with Crippen molar-refractivity contribution in [3.63, 3.8) is 0 Å². The second-order valence-electron chi connectivity index (χ2n) is 7.74. The molecule has 0 amide bonds. The minimum Gasteiger partial charge on any atom is -0.355 e. The zero-order valence-corrected chi connectivity index (χ0v) is 22.9. The van der Waals surface area contributed by atoms with Gasteiger partial charge in [-0.1, -0.05) is 56.3 Å². The van der Waals surface area contributed by atoms with Crippen LogP contribution in [0.3, 0.4) is 0 Å². The van der Waals surface area contributed by atoms with Gasteiger partial charge in [-0.15, -0.1) is 24.0 Å². The third-order valence-electron chi connectivity index (χ3n) is 5.47. The van der Waals surface area contributed by atoms with Crippen molar-refractivity contribution in [2.24, 2.45) is 4.99 Å². The van der Waals surface area contributed by atoms with Gasteiger partial charge in [0.05, 0.1) is 4.90 Å². The van der Waals surface area contributed by atoms with Crippen molar-refractivity contribution in [3.8, 4) is 0 Å². The summed E-state index contributed by atoms with van der Waals surface area (Å²) in [6.45, 7) is 9.54. The van der Waals surface area contributed by atoms with Gasteiger partial charge in [0.1, 0.15) is 0 Å². The Bertz CT molecular complexity index is 961. The van der Waals surface area contributed by atoms with Crippen LogP contribution in [0.4, 0.5) is 0 Å². The lowest BCUT2D eigenvalue weighted by molar-refractivity contribution is 0.215. The molecule has 0 aliphatic heterocycles. The lowest BCUT2D eigenvalue weighted by atomic mass is 10.0. The first-order valence-corrected chi connectivity index (χ1v) is 12.7. The Kier molecular flexibility index (Phi) is 12.2. The second kappa shape index (κ2) is 13.8. The zero-order valence-electron chi connectivity index (χ0n) is 19.8. The highest BCUT2D eigenvalue weighted by Gasteiger charge is 2.17. The predicted octanol–water partition coefficient (Wildman–Crippen LogP) is 3.63. The molecule has 0 aliphatic carbocycles. The molecule has 6 nitrogen and oxygen atoms in total. The monoisotopic (exact) mass is 572 g/mol. The largest absolute Gasteiger partial charge is 0.355 e. The van der Waals surface area contributed by atoms with Gasteiger partial charge in [0.25, 0.3) is 0 Å². The van der Waals surface area contributed by atoms with Crippen LogP contribution in [0.15, 0.2) is 58.4 Å². The summed E-state index contributed by atoms with van der Waals surface area (Å²) in [5.41, 5.74) is 3.09. The van der Waals surface area contributed by atoms with E-state index in [1.807, 2.05) is 25.1 Å². The smallest absolute Gasteiger partial charge is 0.191 e. The van der Waals surface area contributed by atoms with Gasteiger partial charge >= 0.3 is 0 Å². The van der Waals surface area contributed by atoms with Gasteiger partial charge in [-0.2, -0.15) is 0 Å². The molecular formula is C24H37IN4O2S. The first kappa shape index (κ1) is 28.4. The van der Waals surface area contributed by atoms with Crippen molar-refractivity contribution in [2.75, 3.05) is 32.9 Å². The van der Waals surface area contributed by atoms with Crippen LogP contribution in [0, 0.1) is 6.92 Å². The van der Waals surface area contributed by atoms with Crippen molar-refractivity contribution in [2.45, 2.75) is 44.7 Å². The lowest BCUT2D eigenvalue weighted by Gasteiger charge is -2.30. The molecule has 0 saturated carbocycles. The van der Waals surface area contributed by atoms with Crippen LogP contribution in [-0.2, 0) is 22.8 Å². The third-order valence-corrected chi connectivity index (χ3v) is 6.73. The predicted molar refractivity (Wildman–Crippen MR) is 145 cm³/mol. The lowest BCUT2D eigenvalue weighted by Crippen LogP contribution is -2.48. The molecule has 178 valence electrons. The molecule has 0 aliphatic rings. The van der Waals surface area contributed by atoms with Crippen LogP contribution in [-0.4, -0.2) is 58.3 Å². The summed E-state index contributed by atoms with van der Waals surface area (Å²) in [4.78, 5) is 7.19. The molecular weight excluding hydrogens is 535 g/mol. The SMILES string of the molecule is CCN(CC)C(CNC(=NC)NCc1ccc(S(C)(=O)=O)c(C)c1)Cc1ccccc1.I. The molecule has 0 aromatic heterocycles. The van der Waals surface area contributed by atoms with Crippen LogP contribution in [0.5, 0.6) is 0 Å². The molecule has 2 rings (SSSR count). The number of likely N-dealkylation sites (N-methyl/N-ethyl adjacent to an activating group) is 1. The zero-order chi connectivity index (χ0) is 22.9. The fourth-order valence-corrected chi connectivity index (χ4v) is 4.77. The third kappa shape index (κ3) is 8.71. The first-order chi connectivity index (χ1) is 14.8. The Morgan fingerprint density at radius 3 is 2.22 bits per heavy atom. The van der Waals surface area contributed by atoms with Crippen molar-refractivity contribution in [1.29, 1.82) is 0 Å². The number of rotatable bonds is 10. The molecule has 0 bridgehead atoms. The van der Waals surface area contributed by atoms with Crippen LogP contribution >= 0.6 is 24.0 Å². The minimum atomic E-state index is -3.20. The molecule has 0 radical (unpaired) electrons. The van der Waals surface area contributed by atoms with Crippen molar-refractivity contribution >= 4 is 39.8 Å². The van der Waals surface area contributed by atoms with E-state index in [1.54, 1.807) is 13.1 Å². The standard InChI is InChI=1S/C24H36N4O2S.HI/c1-6-28(7-2)22(16-20-11-9-8-10-12-20)18-27-24(25-4)26-17-21-13-14-23(19(3)15-21)31(5,29)30;/h8-15,22H,6-7,16-18H2,1-5H3,(H2,25,26,27);1H. The van der Waals surface area contributed by atoms with E-state index < -0.39 is 9.84 Å². The molecule has 2 N–H and O–H groups in total. The Morgan fingerprint density at radius 2 is 1.69 bits per heavy atom. The topological polar surface area (TPSA) is 73.8 Å². The van der Waals surface area contributed by atoms with E-state index in [0.29, 0.717) is 17.5 Å². The van der Waals surface area contributed by atoms with Crippen LogP contribution in [0.25, 0.3) is 0 Å². The number of nitrogens with one attached hydrogen (secondary N) is 2. The highest BCUT2D eigenvalue weighted by Crippen LogP contribution is 2.16. The van der Waals surface area contributed by atoms with E-state index in [2.05, 4.69) is 58.6 Å². The maximum absolute atomic E-state index is 11.8. The molecule has 0 fully saturated rings. The normalized spacial score (nSPS) is 12.9. The van der Waals surface area contributed by atoms with Gasteiger partial charge < -0.3 is 10.6 Å². The van der Waals surface area contributed by atoms with Crippen molar-refractivity contribution in [1.82, 2.24) is 15.5 Å². The Hall–Kier alpha value is -1.65. The maximum Gasteiger partial charge on any atom is 0.191 e. The molecule has 32 heavy (non-hydrogen) atoms. The molecule has 8 heteroatoms. The molecule has 0 heterocycles. The summed E-state index contributed by atoms with van der Waals surface area (Å²) in [6, 6.07) is 16.3. The second-order valence-corrected chi connectivity index (χ2v) is 9.73. The fourth-order valence-electron chi connectivity index (χ4n) is 3.81. The van der Waals surface area contributed by atoms with Crippen LogP contribution < -0.4 is 10.6 Å². The number of benzene rings is 2. The minimum absolute atomic E-state index is 0. The van der Waals surface area contributed by atoms with Crippen molar-refractivity contribution < 1.29 is 8.42 Å². The first-order valence-electron chi connectivity index (χ1n) is 10.8. The summed E-state index contributed by atoms with van der Waals surface area (Å²) in [5.74, 6) is 0.732. The Balaban J connectivity index is 0.00000512. The number of nitrogens with zero attached hydrogens (tertiary/aromatic N) is 2. The highest BCUT2D eigenvalue weighted by atomic mass is 127. The number of aliphatic imine (C=N–C) groups is 1. The highest BCUT2D eigenvalue weighted by molar-refractivity contribution is 14.0. The van der Waals surface area contributed by atoms with E-state index in [-0.39, 0.29) is 24.0 Å². The van der Waals surface area contributed by atoms with E-state index >= 15 is 0 Å². The summed E-state index contributed by atoms with van der Waals surface area (Å²) >= 11 is 0. The number of aryl methyl sites for hydroxylation is 1. The Morgan fingerprint density at radius 1 is 1.03 bits per heavy atom. The van der Waals surface area contributed by atoms with Crippen LogP contribution in [0.2, 0.25) is 0 Å². The maximum atomic E-state index is 11.8. The van der Waals surface area contributed by atoms with E-state index in [9.17, 15) is 8.42 Å². The van der Waals surface area contributed by atoms with E-state index in [0.717, 1.165) is 43.1 Å². The summed E-state index contributed by atoms with van der Waals surface area (Å²) in [7, 11) is -1.44. The average Bonchev–Trinajstić information content (AvgIpc) is 2.74. The van der Waals surface area contributed by atoms with Crippen molar-refractivity contribution in [3.05, 3.63) is 65.2 Å². The molecule has 2 aromatic rings. The van der Waals surface area contributed by atoms with Gasteiger partial charge in [-0.05, 0) is 49.2 Å². The quantitative estimate of drug-likeness (QED) is 0.259. The number of hydrogen-bond donors (Lipinski definition) is 2. The molecule has 2 aromatic carbocycles. The summed E-state index contributed by atoms with van der Waals surface area (Å²) < 4.78 is 23.6. The van der Waals surface area contributed by atoms with Gasteiger partial charge in [0.15, 0.2) is 15.8 Å². The van der Waals surface area contributed by atoms with Gasteiger partial charge in [0, 0.05) is 32.4 Å². The van der Waals surface area contributed by atoms with Crippen LogP contribution in [0.1, 0.15) is 30.5 Å². The number of halogens is 1. The van der Waals surface area contributed by atoms with E-state index in [1.165, 1.54) is 11.8 Å². The number of hydrogen-bond acceptors (Lipinski definition) is 4. The summed E-state index contributed by atoms with van der Waals surface area (Å²) in [6.07, 6.45) is 2.21. The Labute approximate surface area is 210 Å².